The lowest BCUT2D eigenvalue weighted by atomic mass is 10.2. The van der Waals surface area contributed by atoms with Gasteiger partial charge < -0.3 is 5.11 Å². The van der Waals surface area contributed by atoms with E-state index in [0.29, 0.717) is 0 Å². The summed E-state index contributed by atoms with van der Waals surface area (Å²) in [6.45, 7) is 0. The summed E-state index contributed by atoms with van der Waals surface area (Å²) >= 11 is 5.46. The van der Waals surface area contributed by atoms with Gasteiger partial charge in [-0.3, -0.25) is 4.79 Å². The Bertz CT molecular complexity index is 258. The van der Waals surface area contributed by atoms with Crippen molar-refractivity contribution < 1.29 is 9.90 Å². The number of phenols is 1. The van der Waals surface area contributed by atoms with Crippen molar-refractivity contribution in [2.75, 3.05) is 0 Å². The molecule has 0 saturated heterocycles. The van der Waals surface area contributed by atoms with Gasteiger partial charge in [0.05, 0.1) is 10.6 Å². The zero-order valence-corrected chi connectivity index (χ0v) is 5.72. The van der Waals surface area contributed by atoms with Crippen molar-refractivity contribution in [3.63, 3.8) is 0 Å². The molecule has 10 heavy (non-hydrogen) atoms. The van der Waals surface area contributed by atoms with Gasteiger partial charge in [-0.25, -0.2) is 0 Å². The Morgan fingerprint density at radius 3 is 2.70 bits per heavy atom. The van der Waals surface area contributed by atoms with Crippen LogP contribution in [0.1, 0.15) is 5.56 Å². The maximum Gasteiger partial charge on any atom is 0.237 e. The molecule has 1 aromatic rings. The Kier molecular flexibility index (Phi) is 1.92. The lowest BCUT2D eigenvalue weighted by Crippen LogP contribution is -1.80. The highest BCUT2D eigenvalue weighted by Crippen LogP contribution is 2.24. The summed E-state index contributed by atoms with van der Waals surface area (Å²) in [5.41, 5.74) is 0.0903. The number of hydrogen-bond donors (Lipinski definition) is 1. The van der Waals surface area contributed by atoms with Crippen LogP contribution in [0.2, 0.25) is 5.02 Å². The first-order chi connectivity index (χ1) is 4.75. The fraction of sp³-hybridized carbons (Fsp3) is 0. The summed E-state index contributed by atoms with van der Waals surface area (Å²) < 4.78 is 0. The highest BCUT2D eigenvalue weighted by molar-refractivity contribution is 6.32. The second-order valence-electron chi connectivity index (χ2n) is 1.74. The second-order valence-corrected chi connectivity index (χ2v) is 2.15. The summed E-state index contributed by atoms with van der Waals surface area (Å²) in [6, 6.07) is 4.51. The molecule has 0 atom stereocenters. The van der Waals surface area contributed by atoms with E-state index in [0.717, 1.165) is 0 Å². The van der Waals surface area contributed by atoms with Crippen molar-refractivity contribution in [2.45, 2.75) is 0 Å². The Morgan fingerprint density at radius 2 is 2.20 bits per heavy atom. The van der Waals surface area contributed by atoms with E-state index >= 15 is 0 Å². The van der Waals surface area contributed by atoms with Gasteiger partial charge in [-0.1, -0.05) is 17.7 Å². The smallest absolute Gasteiger partial charge is 0.237 e. The minimum absolute atomic E-state index is 0.0903. The Hall–Kier alpha value is -1.02. The van der Waals surface area contributed by atoms with E-state index in [4.69, 9.17) is 16.7 Å². The van der Waals surface area contributed by atoms with E-state index in [1.165, 1.54) is 12.1 Å². The molecule has 0 aliphatic carbocycles. The molecule has 0 amide bonds. The zero-order chi connectivity index (χ0) is 7.56. The highest BCUT2D eigenvalue weighted by atomic mass is 35.5. The summed E-state index contributed by atoms with van der Waals surface area (Å²) in [5.74, 6) is -0.209. The summed E-state index contributed by atoms with van der Waals surface area (Å²) in [5, 5.41) is 9.17. The third kappa shape index (κ3) is 1.11. The van der Waals surface area contributed by atoms with Crippen LogP contribution in [-0.4, -0.2) is 11.4 Å². The standard InChI is InChI=1S/C7H4ClO2/c8-6-3-1-2-5(4-9)7(6)10/h1-3,10H. The molecular weight excluding hydrogens is 152 g/mol. The molecular formula is C7H4ClO2. The van der Waals surface area contributed by atoms with Gasteiger partial charge in [0, 0.05) is 0 Å². The minimum atomic E-state index is -0.209. The van der Waals surface area contributed by atoms with Crippen LogP contribution in [0, 0.1) is 0 Å². The average Bonchev–Trinajstić information content (AvgIpc) is 1.95. The third-order valence-electron chi connectivity index (χ3n) is 1.10. The summed E-state index contributed by atoms with van der Waals surface area (Å²) in [7, 11) is 0. The Morgan fingerprint density at radius 1 is 1.50 bits per heavy atom. The van der Waals surface area contributed by atoms with Gasteiger partial charge in [-0.2, -0.15) is 0 Å². The molecule has 1 N–H and O–H groups in total. The molecule has 2 nitrogen and oxygen atoms in total. The van der Waals surface area contributed by atoms with Crippen LogP contribution in [0.15, 0.2) is 18.2 Å². The van der Waals surface area contributed by atoms with Crippen molar-refractivity contribution in [3.05, 3.63) is 28.8 Å². The maximum absolute atomic E-state index is 10.0. The Labute approximate surface area is 63.1 Å². The van der Waals surface area contributed by atoms with Crippen molar-refractivity contribution in [3.8, 4) is 5.75 Å². The van der Waals surface area contributed by atoms with E-state index in [1.807, 2.05) is 0 Å². The first kappa shape index (κ1) is 7.09. The molecule has 0 aliphatic rings. The van der Waals surface area contributed by atoms with Crippen molar-refractivity contribution in [1.82, 2.24) is 0 Å². The molecule has 1 rings (SSSR count). The van der Waals surface area contributed by atoms with Gasteiger partial charge in [0.15, 0.2) is 0 Å². The van der Waals surface area contributed by atoms with Gasteiger partial charge in [-0.05, 0) is 12.1 Å². The minimum Gasteiger partial charge on any atom is -0.506 e. The van der Waals surface area contributed by atoms with Gasteiger partial charge in [0.25, 0.3) is 0 Å². The van der Waals surface area contributed by atoms with Gasteiger partial charge in [0.1, 0.15) is 5.75 Å². The van der Waals surface area contributed by atoms with Crippen LogP contribution in [-0.2, 0) is 4.79 Å². The molecule has 0 spiro atoms. The first-order valence-electron chi connectivity index (χ1n) is 2.61. The molecule has 1 aromatic carbocycles. The second kappa shape index (κ2) is 2.71. The van der Waals surface area contributed by atoms with E-state index in [2.05, 4.69) is 0 Å². The molecule has 0 saturated carbocycles. The number of aromatic hydroxyl groups is 1. The lowest BCUT2D eigenvalue weighted by Gasteiger charge is -1.95. The van der Waals surface area contributed by atoms with E-state index < -0.39 is 0 Å². The Balaban J connectivity index is 3.27. The number of benzene rings is 1. The molecule has 0 bridgehead atoms. The largest absolute Gasteiger partial charge is 0.506 e. The third-order valence-corrected chi connectivity index (χ3v) is 1.40. The van der Waals surface area contributed by atoms with Crippen LogP contribution < -0.4 is 0 Å². The van der Waals surface area contributed by atoms with Gasteiger partial charge in [-0.15, -0.1) is 0 Å². The van der Waals surface area contributed by atoms with Crippen LogP contribution in [0.4, 0.5) is 0 Å². The number of rotatable bonds is 1. The molecule has 3 heteroatoms. The van der Waals surface area contributed by atoms with Crippen molar-refractivity contribution >= 4 is 17.9 Å². The number of hydrogen-bond acceptors (Lipinski definition) is 2. The number of phenolic OH excluding ortho intramolecular Hbond substituents is 1. The number of carbonyl (C=O) groups excluding carboxylic acids is 1. The quantitative estimate of drug-likeness (QED) is 0.668. The normalized spacial score (nSPS) is 9.30. The fourth-order valence-electron chi connectivity index (χ4n) is 0.598. The van der Waals surface area contributed by atoms with E-state index in [9.17, 15) is 4.79 Å². The zero-order valence-electron chi connectivity index (χ0n) is 4.97. The molecule has 0 aromatic heterocycles. The topological polar surface area (TPSA) is 37.3 Å². The first-order valence-corrected chi connectivity index (χ1v) is 2.99. The van der Waals surface area contributed by atoms with Crippen molar-refractivity contribution in [2.24, 2.45) is 0 Å². The molecule has 51 valence electrons. The molecule has 0 aliphatic heterocycles. The van der Waals surface area contributed by atoms with Crippen LogP contribution >= 0.6 is 11.6 Å². The lowest BCUT2D eigenvalue weighted by molar-refractivity contribution is 0.472. The molecule has 0 heterocycles. The van der Waals surface area contributed by atoms with Crippen LogP contribution in [0.5, 0.6) is 5.75 Å². The number of halogens is 1. The molecule has 1 radical (unpaired) electrons. The number of para-hydroxylation sites is 1. The van der Waals surface area contributed by atoms with Gasteiger partial charge >= 0.3 is 0 Å². The van der Waals surface area contributed by atoms with Crippen LogP contribution in [0.25, 0.3) is 0 Å². The predicted octanol–water partition coefficient (Wildman–Crippen LogP) is 1.50. The summed E-state index contributed by atoms with van der Waals surface area (Å²) in [6.07, 6.45) is 1.55. The van der Waals surface area contributed by atoms with Crippen LogP contribution in [0.3, 0.4) is 0 Å². The average molecular weight is 156 g/mol. The fourth-order valence-corrected chi connectivity index (χ4v) is 0.772. The van der Waals surface area contributed by atoms with Crippen molar-refractivity contribution in [1.29, 1.82) is 0 Å². The van der Waals surface area contributed by atoms with E-state index in [1.54, 1.807) is 12.4 Å². The van der Waals surface area contributed by atoms with Gasteiger partial charge in [0.2, 0.25) is 6.29 Å². The van der Waals surface area contributed by atoms with E-state index in [-0.39, 0.29) is 16.3 Å². The monoisotopic (exact) mass is 155 g/mol. The summed E-state index contributed by atoms with van der Waals surface area (Å²) in [4.78, 5) is 10.0. The SMILES string of the molecule is O=[C]c1cccc(Cl)c1O. The highest BCUT2D eigenvalue weighted by Gasteiger charge is 2.02. The molecule has 0 unspecified atom stereocenters. The predicted molar refractivity (Wildman–Crippen MR) is 37.9 cm³/mol. The maximum atomic E-state index is 10.0. The molecule has 0 fully saturated rings.